The van der Waals surface area contributed by atoms with Crippen LogP contribution in [-0.4, -0.2) is 36.6 Å². The van der Waals surface area contributed by atoms with E-state index in [4.69, 9.17) is 4.74 Å². The van der Waals surface area contributed by atoms with Gasteiger partial charge in [0.25, 0.3) is 0 Å². The number of rotatable bonds is 8. The van der Waals surface area contributed by atoms with Crippen molar-refractivity contribution in [2.24, 2.45) is 0 Å². The van der Waals surface area contributed by atoms with Gasteiger partial charge in [0.1, 0.15) is 0 Å². The fourth-order valence-corrected chi connectivity index (χ4v) is 4.19. The van der Waals surface area contributed by atoms with Gasteiger partial charge in [-0.2, -0.15) is 0 Å². The van der Waals surface area contributed by atoms with Crippen LogP contribution in [0.2, 0.25) is 0 Å². The van der Waals surface area contributed by atoms with Crippen LogP contribution in [0, 0.1) is 0 Å². The molecule has 1 amide bonds. The molecule has 0 N–H and O–H groups in total. The van der Waals surface area contributed by atoms with Crippen molar-refractivity contribution in [3.05, 3.63) is 108 Å². The monoisotopic (exact) mass is 399 g/mol. The van der Waals surface area contributed by atoms with E-state index in [2.05, 4.69) is 24.3 Å². The number of likely N-dealkylation sites (tertiary alicyclic amines) is 1. The van der Waals surface area contributed by atoms with E-state index >= 15 is 0 Å². The molecule has 1 atom stereocenters. The predicted octanol–water partition coefficient (Wildman–Crippen LogP) is 5.07. The molecule has 30 heavy (non-hydrogen) atoms. The third kappa shape index (κ3) is 5.17. The summed E-state index contributed by atoms with van der Waals surface area (Å²) in [5, 5.41) is 0. The van der Waals surface area contributed by atoms with E-state index in [1.165, 1.54) is 5.56 Å². The Bertz CT molecular complexity index is 872. The Kier molecular flexibility index (Phi) is 6.94. The summed E-state index contributed by atoms with van der Waals surface area (Å²) in [6.07, 6.45) is 3.08. The highest BCUT2D eigenvalue weighted by molar-refractivity contribution is 5.87. The quantitative estimate of drug-likeness (QED) is 0.495. The van der Waals surface area contributed by atoms with Crippen LogP contribution in [0.5, 0.6) is 0 Å². The van der Waals surface area contributed by atoms with Crippen LogP contribution >= 0.6 is 0 Å². The molecular weight excluding hydrogens is 370 g/mol. The van der Waals surface area contributed by atoms with Gasteiger partial charge in [0.2, 0.25) is 5.91 Å². The van der Waals surface area contributed by atoms with Gasteiger partial charge in [-0.15, -0.1) is 0 Å². The van der Waals surface area contributed by atoms with Crippen LogP contribution in [0.15, 0.2) is 91.0 Å². The standard InChI is InChI=1S/C27H29NO2/c29-27(26(23-14-6-2-7-15-23)24-16-8-3-9-17-24)28-19-18-25(21-28)30-20-10-13-22-11-4-1-5-12-22/h1-9,11-12,14-17,25-26H,10,13,18-21H2/t25-/m1/s1. The second kappa shape index (κ2) is 10.2. The van der Waals surface area contributed by atoms with Gasteiger partial charge in [-0.25, -0.2) is 0 Å². The summed E-state index contributed by atoms with van der Waals surface area (Å²) in [5.41, 5.74) is 3.43. The maximum absolute atomic E-state index is 13.5. The lowest BCUT2D eigenvalue weighted by atomic mass is 9.90. The highest BCUT2D eigenvalue weighted by Crippen LogP contribution is 2.28. The fourth-order valence-electron chi connectivity index (χ4n) is 4.19. The second-order valence-electron chi connectivity index (χ2n) is 7.91. The third-order valence-corrected chi connectivity index (χ3v) is 5.78. The summed E-state index contributed by atoms with van der Waals surface area (Å²) >= 11 is 0. The summed E-state index contributed by atoms with van der Waals surface area (Å²) in [6.45, 7) is 2.18. The molecular formula is C27H29NO2. The second-order valence-corrected chi connectivity index (χ2v) is 7.91. The van der Waals surface area contributed by atoms with Gasteiger partial charge in [-0.1, -0.05) is 91.0 Å². The molecule has 1 saturated heterocycles. The molecule has 1 heterocycles. The Morgan fingerprint density at radius 1 is 0.867 bits per heavy atom. The zero-order chi connectivity index (χ0) is 20.6. The molecule has 0 radical (unpaired) electrons. The highest BCUT2D eigenvalue weighted by Gasteiger charge is 2.32. The van der Waals surface area contributed by atoms with Gasteiger partial charge in [-0.05, 0) is 36.0 Å². The van der Waals surface area contributed by atoms with Gasteiger partial charge in [-0.3, -0.25) is 4.79 Å². The van der Waals surface area contributed by atoms with Crippen LogP contribution in [0.4, 0.5) is 0 Å². The lowest BCUT2D eigenvalue weighted by Crippen LogP contribution is -2.35. The third-order valence-electron chi connectivity index (χ3n) is 5.78. The minimum absolute atomic E-state index is 0.136. The first-order chi connectivity index (χ1) is 14.8. The Labute approximate surface area is 179 Å². The number of amides is 1. The number of aryl methyl sites for hydroxylation is 1. The van der Waals surface area contributed by atoms with E-state index in [1.54, 1.807) is 0 Å². The SMILES string of the molecule is O=C(C(c1ccccc1)c1ccccc1)N1CC[C@@H](OCCCc2ccccc2)C1. The highest BCUT2D eigenvalue weighted by atomic mass is 16.5. The maximum atomic E-state index is 13.5. The van der Waals surface area contributed by atoms with Crippen LogP contribution in [0.1, 0.15) is 35.4 Å². The van der Waals surface area contributed by atoms with Gasteiger partial charge in [0.15, 0.2) is 0 Å². The first kappa shape index (κ1) is 20.4. The molecule has 0 aliphatic carbocycles. The van der Waals surface area contributed by atoms with Crippen LogP contribution in [-0.2, 0) is 16.0 Å². The Morgan fingerprint density at radius 2 is 1.43 bits per heavy atom. The van der Waals surface area contributed by atoms with Crippen molar-refractivity contribution < 1.29 is 9.53 Å². The van der Waals surface area contributed by atoms with E-state index in [0.717, 1.165) is 43.5 Å². The first-order valence-electron chi connectivity index (χ1n) is 10.9. The Hall–Kier alpha value is -2.91. The molecule has 3 nitrogen and oxygen atoms in total. The van der Waals surface area contributed by atoms with Crippen molar-refractivity contribution in [3.8, 4) is 0 Å². The number of hydrogen-bond acceptors (Lipinski definition) is 2. The van der Waals surface area contributed by atoms with Crippen molar-refractivity contribution in [1.82, 2.24) is 4.90 Å². The average Bonchev–Trinajstić information content (AvgIpc) is 3.28. The lowest BCUT2D eigenvalue weighted by molar-refractivity contribution is -0.131. The molecule has 0 saturated carbocycles. The van der Waals surface area contributed by atoms with E-state index < -0.39 is 0 Å². The number of ether oxygens (including phenoxy) is 1. The summed E-state index contributed by atoms with van der Waals surface area (Å²) in [7, 11) is 0. The molecule has 3 aromatic carbocycles. The molecule has 154 valence electrons. The van der Waals surface area contributed by atoms with Crippen molar-refractivity contribution in [1.29, 1.82) is 0 Å². The van der Waals surface area contributed by atoms with Crippen molar-refractivity contribution in [2.45, 2.75) is 31.3 Å². The van der Waals surface area contributed by atoms with E-state index in [-0.39, 0.29) is 17.9 Å². The smallest absolute Gasteiger partial charge is 0.234 e. The molecule has 0 bridgehead atoms. The van der Waals surface area contributed by atoms with Crippen molar-refractivity contribution >= 4 is 5.91 Å². The molecule has 4 rings (SSSR count). The lowest BCUT2D eigenvalue weighted by Gasteiger charge is -2.24. The number of benzene rings is 3. The molecule has 3 aromatic rings. The number of carbonyl (C=O) groups excluding carboxylic acids is 1. The van der Waals surface area contributed by atoms with Crippen molar-refractivity contribution in [2.75, 3.05) is 19.7 Å². The predicted molar refractivity (Wildman–Crippen MR) is 120 cm³/mol. The number of carbonyl (C=O) groups is 1. The van der Waals surface area contributed by atoms with Gasteiger partial charge >= 0.3 is 0 Å². The normalized spacial score (nSPS) is 16.2. The maximum Gasteiger partial charge on any atom is 0.234 e. The van der Waals surface area contributed by atoms with Gasteiger partial charge < -0.3 is 9.64 Å². The molecule has 0 spiro atoms. The van der Waals surface area contributed by atoms with Crippen LogP contribution in [0.3, 0.4) is 0 Å². The summed E-state index contributed by atoms with van der Waals surface area (Å²) in [6, 6.07) is 30.7. The topological polar surface area (TPSA) is 29.5 Å². The minimum Gasteiger partial charge on any atom is -0.376 e. The Balaban J connectivity index is 1.34. The molecule has 1 fully saturated rings. The average molecular weight is 400 g/mol. The van der Waals surface area contributed by atoms with E-state index in [1.807, 2.05) is 71.6 Å². The van der Waals surface area contributed by atoms with Gasteiger partial charge in [0.05, 0.1) is 12.0 Å². The summed E-state index contributed by atoms with van der Waals surface area (Å²) < 4.78 is 6.10. The summed E-state index contributed by atoms with van der Waals surface area (Å²) in [5.74, 6) is -0.0907. The van der Waals surface area contributed by atoms with Crippen molar-refractivity contribution in [3.63, 3.8) is 0 Å². The number of nitrogens with zero attached hydrogens (tertiary/aromatic N) is 1. The molecule has 1 aliphatic heterocycles. The first-order valence-corrected chi connectivity index (χ1v) is 10.9. The van der Waals surface area contributed by atoms with Gasteiger partial charge in [0, 0.05) is 19.7 Å². The molecule has 3 heteroatoms. The fraction of sp³-hybridized carbons (Fsp3) is 0.296. The summed E-state index contributed by atoms with van der Waals surface area (Å²) in [4.78, 5) is 15.5. The van der Waals surface area contributed by atoms with E-state index in [9.17, 15) is 4.79 Å². The zero-order valence-electron chi connectivity index (χ0n) is 17.3. The Morgan fingerprint density at radius 3 is 2.03 bits per heavy atom. The van der Waals surface area contributed by atoms with Crippen LogP contribution in [0.25, 0.3) is 0 Å². The van der Waals surface area contributed by atoms with Crippen LogP contribution < -0.4 is 0 Å². The number of hydrogen-bond donors (Lipinski definition) is 0. The van der Waals surface area contributed by atoms with E-state index in [0.29, 0.717) is 6.54 Å². The molecule has 0 unspecified atom stereocenters. The molecule has 1 aliphatic rings. The largest absolute Gasteiger partial charge is 0.376 e. The molecule has 0 aromatic heterocycles. The zero-order valence-corrected chi connectivity index (χ0v) is 17.3. The minimum atomic E-state index is -0.260.